The van der Waals surface area contributed by atoms with Crippen molar-refractivity contribution in [1.29, 1.82) is 0 Å². The summed E-state index contributed by atoms with van der Waals surface area (Å²) >= 11 is 0. The zero-order chi connectivity index (χ0) is 48.3. The van der Waals surface area contributed by atoms with Gasteiger partial charge >= 0.3 is 0 Å². The van der Waals surface area contributed by atoms with E-state index in [0.717, 1.165) is 28.3 Å². The van der Waals surface area contributed by atoms with Crippen LogP contribution in [0.25, 0.3) is 82.8 Å². The van der Waals surface area contributed by atoms with Gasteiger partial charge in [0.2, 0.25) is 0 Å². The molecule has 1 aliphatic carbocycles. The first kappa shape index (κ1) is 42.4. The van der Waals surface area contributed by atoms with Crippen LogP contribution in [0.5, 0.6) is 0 Å². The summed E-state index contributed by atoms with van der Waals surface area (Å²) in [4.78, 5) is 2.44. The number of fused-ring (bicyclic) bond motifs is 8. The molecular formula is C71H48N2. The molecule has 73 heavy (non-hydrogen) atoms. The van der Waals surface area contributed by atoms with E-state index in [4.69, 9.17) is 0 Å². The summed E-state index contributed by atoms with van der Waals surface area (Å²) in [5.41, 5.74) is 21.0. The minimum Gasteiger partial charge on any atom is -0.310 e. The Balaban J connectivity index is 0.959. The molecule has 1 heterocycles. The van der Waals surface area contributed by atoms with Gasteiger partial charge in [0.15, 0.2) is 0 Å². The van der Waals surface area contributed by atoms with Crippen LogP contribution in [0.15, 0.2) is 291 Å². The summed E-state index contributed by atoms with van der Waals surface area (Å²) in [7, 11) is 0. The number of hydrogen-bond donors (Lipinski definition) is 0. The minimum atomic E-state index is -0.488. The maximum Gasteiger partial charge on any atom is 0.0713 e. The van der Waals surface area contributed by atoms with Crippen LogP contribution in [0.3, 0.4) is 0 Å². The van der Waals surface area contributed by atoms with Crippen molar-refractivity contribution in [3.63, 3.8) is 0 Å². The lowest BCUT2D eigenvalue weighted by atomic mass is 9.68. The average Bonchev–Trinajstić information content (AvgIpc) is 4.01. The molecular weight excluding hydrogens is 881 g/mol. The van der Waals surface area contributed by atoms with Gasteiger partial charge in [-0.05, 0) is 127 Å². The highest BCUT2D eigenvalue weighted by Gasteiger charge is 2.46. The number of anilines is 3. The van der Waals surface area contributed by atoms with Crippen LogP contribution in [0.4, 0.5) is 17.1 Å². The average molecular weight is 929 g/mol. The van der Waals surface area contributed by atoms with E-state index in [1.807, 2.05) is 0 Å². The van der Waals surface area contributed by atoms with Crippen molar-refractivity contribution >= 4 is 49.6 Å². The monoisotopic (exact) mass is 928 g/mol. The minimum absolute atomic E-state index is 0.488. The molecule has 1 aromatic heterocycles. The van der Waals surface area contributed by atoms with Gasteiger partial charge in [0.25, 0.3) is 0 Å². The molecule has 0 N–H and O–H groups in total. The molecule has 0 saturated heterocycles. The van der Waals surface area contributed by atoms with E-state index in [1.165, 1.54) is 93.8 Å². The van der Waals surface area contributed by atoms with Crippen LogP contribution in [0, 0.1) is 0 Å². The fraction of sp³-hybridized carbons (Fsp3) is 0.0141. The van der Waals surface area contributed by atoms with Gasteiger partial charge in [-0.25, -0.2) is 0 Å². The van der Waals surface area contributed by atoms with Crippen LogP contribution in [-0.2, 0) is 5.41 Å². The molecule has 0 saturated carbocycles. The van der Waals surface area contributed by atoms with Crippen LogP contribution in [0.2, 0.25) is 0 Å². The molecule has 0 atom stereocenters. The lowest BCUT2D eigenvalue weighted by Crippen LogP contribution is -2.28. The molecule has 1 aliphatic rings. The molecule has 0 aliphatic heterocycles. The summed E-state index contributed by atoms with van der Waals surface area (Å²) in [6.07, 6.45) is 0. The highest BCUT2D eigenvalue weighted by Crippen LogP contribution is 2.57. The third-order valence-corrected chi connectivity index (χ3v) is 15.3. The Kier molecular flexibility index (Phi) is 10.1. The van der Waals surface area contributed by atoms with Crippen molar-refractivity contribution in [3.05, 3.63) is 313 Å². The first-order chi connectivity index (χ1) is 36.2. The summed E-state index contributed by atoms with van der Waals surface area (Å²) in [6.45, 7) is 0. The Morgan fingerprint density at radius 3 is 1.51 bits per heavy atom. The molecule has 0 spiro atoms. The number of para-hydroxylation sites is 1. The molecule has 0 radical (unpaired) electrons. The van der Waals surface area contributed by atoms with E-state index in [1.54, 1.807) is 0 Å². The van der Waals surface area contributed by atoms with Gasteiger partial charge in [0.1, 0.15) is 0 Å². The van der Waals surface area contributed by atoms with Gasteiger partial charge in [0.05, 0.1) is 16.4 Å². The Labute approximate surface area is 426 Å². The third-order valence-electron chi connectivity index (χ3n) is 15.3. The summed E-state index contributed by atoms with van der Waals surface area (Å²) in [5.74, 6) is 0. The van der Waals surface area contributed by atoms with Gasteiger partial charge in [0, 0.05) is 38.9 Å². The van der Waals surface area contributed by atoms with Crippen LogP contribution >= 0.6 is 0 Å². The van der Waals surface area contributed by atoms with E-state index >= 15 is 0 Å². The first-order valence-corrected chi connectivity index (χ1v) is 25.2. The van der Waals surface area contributed by atoms with Crippen LogP contribution in [0.1, 0.15) is 22.3 Å². The fourth-order valence-corrected chi connectivity index (χ4v) is 12.0. The topological polar surface area (TPSA) is 8.17 Å². The predicted octanol–water partition coefficient (Wildman–Crippen LogP) is 18.8. The standard InChI is InChI=1S/C71H48N2/c1-6-20-50(21-7-1)60-44-40-58(47-65(60)51-22-8-2-9-23-51)72(59-41-45-68-66(48-59)62-32-18-19-33-67(62)71(68,54-25-10-3-11-26-54)55-27-12-4-13-28-55)57-38-34-49(35-39-57)53-37-42-63-64-43-36-52-24-16-17-31-61(52)70(64)73(69(63)46-53)56-29-14-5-15-30-56/h1-48H. The summed E-state index contributed by atoms with van der Waals surface area (Å²) in [6, 6.07) is 107. The fourth-order valence-electron chi connectivity index (χ4n) is 12.0. The largest absolute Gasteiger partial charge is 0.310 e. The van der Waals surface area contributed by atoms with Gasteiger partial charge in [-0.2, -0.15) is 0 Å². The third kappa shape index (κ3) is 6.87. The Morgan fingerprint density at radius 2 is 0.808 bits per heavy atom. The van der Waals surface area contributed by atoms with Crippen molar-refractivity contribution in [2.45, 2.75) is 5.41 Å². The molecule has 13 aromatic rings. The number of aromatic nitrogens is 1. The van der Waals surface area contributed by atoms with Gasteiger partial charge in [-0.15, -0.1) is 0 Å². The lowest BCUT2D eigenvalue weighted by molar-refractivity contribution is 0.768. The highest BCUT2D eigenvalue weighted by molar-refractivity contribution is 6.19. The van der Waals surface area contributed by atoms with Crippen molar-refractivity contribution in [2.75, 3.05) is 4.90 Å². The molecule has 0 bridgehead atoms. The van der Waals surface area contributed by atoms with Crippen LogP contribution in [-0.4, -0.2) is 4.57 Å². The SMILES string of the molecule is c1ccc(-c2ccc(N(c3ccc(-c4ccc5c6ccc7ccccc7c6n(-c6ccccc6)c5c4)cc3)c3ccc4c(c3)-c3ccccc3C4(c3ccccc3)c3ccccc3)cc2-c2ccccc2)cc1. The maximum absolute atomic E-state index is 2.45. The van der Waals surface area contributed by atoms with E-state index < -0.39 is 5.41 Å². The van der Waals surface area contributed by atoms with Crippen molar-refractivity contribution < 1.29 is 0 Å². The van der Waals surface area contributed by atoms with Gasteiger partial charge < -0.3 is 9.47 Å². The summed E-state index contributed by atoms with van der Waals surface area (Å²) < 4.78 is 2.45. The van der Waals surface area contributed by atoms with Gasteiger partial charge in [-0.1, -0.05) is 237 Å². The number of hydrogen-bond acceptors (Lipinski definition) is 1. The zero-order valence-electron chi connectivity index (χ0n) is 40.1. The predicted molar refractivity (Wildman–Crippen MR) is 307 cm³/mol. The van der Waals surface area contributed by atoms with Crippen molar-refractivity contribution in [3.8, 4) is 50.2 Å². The highest BCUT2D eigenvalue weighted by atomic mass is 15.1. The molecule has 342 valence electrons. The number of benzene rings is 12. The first-order valence-electron chi connectivity index (χ1n) is 25.2. The molecule has 0 unspecified atom stereocenters. The Morgan fingerprint density at radius 1 is 0.288 bits per heavy atom. The zero-order valence-corrected chi connectivity index (χ0v) is 40.1. The van der Waals surface area contributed by atoms with Crippen LogP contribution < -0.4 is 4.90 Å². The van der Waals surface area contributed by atoms with E-state index in [0.29, 0.717) is 0 Å². The molecule has 0 amide bonds. The normalized spacial score (nSPS) is 12.5. The number of rotatable bonds is 9. The second-order valence-electron chi connectivity index (χ2n) is 19.2. The van der Waals surface area contributed by atoms with E-state index in [2.05, 4.69) is 301 Å². The smallest absolute Gasteiger partial charge is 0.0713 e. The second-order valence-corrected chi connectivity index (χ2v) is 19.2. The molecule has 14 rings (SSSR count). The van der Waals surface area contributed by atoms with Crippen molar-refractivity contribution in [1.82, 2.24) is 4.57 Å². The van der Waals surface area contributed by atoms with Gasteiger partial charge in [-0.3, -0.25) is 0 Å². The molecule has 2 heteroatoms. The molecule has 2 nitrogen and oxygen atoms in total. The molecule has 12 aromatic carbocycles. The Hall–Kier alpha value is -9.50. The van der Waals surface area contributed by atoms with Crippen molar-refractivity contribution in [2.24, 2.45) is 0 Å². The summed E-state index contributed by atoms with van der Waals surface area (Å²) in [5, 5.41) is 4.98. The van der Waals surface area contributed by atoms with E-state index in [9.17, 15) is 0 Å². The molecule has 0 fully saturated rings. The second kappa shape index (κ2) is 17.4. The van der Waals surface area contributed by atoms with E-state index in [-0.39, 0.29) is 0 Å². The quantitative estimate of drug-likeness (QED) is 0.140. The Bertz CT molecular complexity index is 4120. The maximum atomic E-state index is 2.45. The lowest BCUT2D eigenvalue weighted by Gasteiger charge is -2.34. The number of nitrogens with zero attached hydrogens (tertiary/aromatic N) is 2.